The van der Waals surface area contributed by atoms with Gasteiger partial charge in [0.25, 0.3) is 5.91 Å². The number of nitrogens with zero attached hydrogens (tertiary/aromatic N) is 7. The van der Waals surface area contributed by atoms with Crippen LogP contribution in [-0.4, -0.2) is 61.7 Å². The lowest BCUT2D eigenvalue weighted by atomic mass is 10.1. The number of halogens is 1. The molecule has 4 aromatic heterocycles. The number of piperazine rings is 1. The molecule has 9 heteroatoms. The summed E-state index contributed by atoms with van der Waals surface area (Å²) >= 11 is 6.06. The number of carbonyl (C=O) groups excluding carboxylic acids is 1. The minimum absolute atomic E-state index is 0.0247. The number of pyridine rings is 3. The number of aryl methyl sites for hydroxylation is 1. The highest BCUT2D eigenvalue weighted by atomic mass is 35.5. The molecule has 8 nitrogen and oxygen atoms in total. The van der Waals surface area contributed by atoms with Crippen LogP contribution >= 0.6 is 11.6 Å². The molecule has 0 unspecified atom stereocenters. The van der Waals surface area contributed by atoms with E-state index in [1.54, 1.807) is 16.9 Å². The molecule has 1 saturated carbocycles. The van der Waals surface area contributed by atoms with E-state index in [1.807, 2.05) is 48.2 Å². The van der Waals surface area contributed by atoms with Gasteiger partial charge in [0.05, 0.1) is 16.6 Å². The summed E-state index contributed by atoms with van der Waals surface area (Å²) in [5, 5.41) is 6.00. The highest BCUT2D eigenvalue weighted by Gasteiger charge is 2.31. The fraction of sp³-hybridized carbons (Fsp3) is 0.320. The molecular weight excluding hydrogens is 450 g/mol. The molecule has 2 aliphatic rings. The molecule has 4 aromatic rings. The van der Waals surface area contributed by atoms with Crippen molar-refractivity contribution in [2.75, 3.05) is 31.1 Å². The number of rotatable bonds is 4. The number of anilines is 1. The SMILES string of the molecule is Cc1nn(-c2ccccn2)c2nc(C3CC3)cc(C(=O)N3CCN(c4cccc(Cl)n4)CC3)c12. The first kappa shape index (κ1) is 21.0. The van der Waals surface area contributed by atoms with Gasteiger partial charge in [-0.15, -0.1) is 0 Å². The number of fused-ring (bicyclic) bond motifs is 1. The van der Waals surface area contributed by atoms with Crippen LogP contribution < -0.4 is 4.90 Å². The smallest absolute Gasteiger partial charge is 0.254 e. The predicted molar refractivity (Wildman–Crippen MR) is 131 cm³/mol. The van der Waals surface area contributed by atoms with Gasteiger partial charge in [0.1, 0.15) is 11.0 Å². The summed E-state index contributed by atoms with van der Waals surface area (Å²) < 4.78 is 1.76. The van der Waals surface area contributed by atoms with Gasteiger partial charge < -0.3 is 9.80 Å². The minimum Gasteiger partial charge on any atom is -0.353 e. The van der Waals surface area contributed by atoms with E-state index in [2.05, 4.69) is 14.9 Å². The highest BCUT2D eigenvalue weighted by molar-refractivity contribution is 6.29. The first-order chi connectivity index (χ1) is 16.6. The Morgan fingerprint density at radius 3 is 2.50 bits per heavy atom. The van der Waals surface area contributed by atoms with Crippen LogP contribution in [0.25, 0.3) is 16.9 Å². The summed E-state index contributed by atoms with van der Waals surface area (Å²) in [5.41, 5.74) is 3.13. The van der Waals surface area contributed by atoms with Crippen LogP contribution in [0.1, 0.15) is 40.5 Å². The van der Waals surface area contributed by atoms with Crippen molar-refractivity contribution in [3.63, 3.8) is 0 Å². The molecule has 0 N–H and O–H groups in total. The Morgan fingerprint density at radius 2 is 1.79 bits per heavy atom. The summed E-state index contributed by atoms with van der Waals surface area (Å²) in [5.74, 6) is 1.97. The van der Waals surface area contributed by atoms with Gasteiger partial charge in [-0.3, -0.25) is 4.79 Å². The van der Waals surface area contributed by atoms with Crippen LogP contribution in [0.5, 0.6) is 0 Å². The zero-order valence-corrected chi connectivity index (χ0v) is 19.6. The van der Waals surface area contributed by atoms with Crippen molar-refractivity contribution in [1.29, 1.82) is 0 Å². The van der Waals surface area contributed by atoms with E-state index >= 15 is 0 Å². The van der Waals surface area contributed by atoms with E-state index in [4.69, 9.17) is 21.7 Å². The molecule has 34 heavy (non-hydrogen) atoms. The summed E-state index contributed by atoms with van der Waals surface area (Å²) in [6, 6.07) is 13.3. The van der Waals surface area contributed by atoms with E-state index in [1.165, 1.54) is 0 Å². The van der Waals surface area contributed by atoms with Crippen molar-refractivity contribution in [1.82, 2.24) is 29.6 Å². The maximum absolute atomic E-state index is 13.8. The average molecular weight is 474 g/mol. The molecule has 5 heterocycles. The number of carbonyl (C=O) groups is 1. The second-order valence-corrected chi connectivity index (χ2v) is 9.24. The van der Waals surface area contributed by atoms with Crippen LogP contribution in [0.15, 0.2) is 48.7 Å². The quantitative estimate of drug-likeness (QED) is 0.416. The molecule has 1 aliphatic heterocycles. The van der Waals surface area contributed by atoms with Gasteiger partial charge in [0.2, 0.25) is 0 Å². The molecule has 1 saturated heterocycles. The zero-order valence-electron chi connectivity index (χ0n) is 18.9. The molecule has 6 rings (SSSR count). The van der Waals surface area contributed by atoms with Gasteiger partial charge in [-0.2, -0.15) is 9.78 Å². The van der Waals surface area contributed by atoms with Gasteiger partial charge >= 0.3 is 0 Å². The van der Waals surface area contributed by atoms with Crippen LogP contribution in [0.4, 0.5) is 5.82 Å². The first-order valence-corrected chi connectivity index (χ1v) is 11.9. The van der Waals surface area contributed by atoms with Gasteiger partial charge in [0, 0.05) is 44.0 Å². The van der Waals surface area contributed by atoms with Crippen molar-refractivity contribution in [3.05, 3.63) is 70.8 Å². The van der Waals surface area contributed by atoms with E-state index in [0.29, 0.717) is 54.3 Å². The average Bonchev–Trinajstić information content (AvgIpc) is 3.67. The lowest BCUT2D eigenvalue weighted by Gasteiger charge is -2.35. The van der Waals surface area contributed by atoms with Crippen LogP contribution in [0.3, 0.4) is 0 Å². The molecule has 1 aliphatic carbocycles. The number of amides is 1. The molecule has 172 valence electrons. The highest BCUT2D eigenvalue weighted by Crippen LogP contribution is 2.41. The maximum atomic E-state index is 13.8. The Kier molecular flexibility index (Phi) is 5.17. The summed E-state index contributed by atoms with van der Waals surface area (Å²) in [7, 11) is 0. The second-order valence-electron chi connectivity index (χ2n) is 8.85. The zero-order chi connectivity index (χ0) is 23.2. The van der Waals surface area contributed by atoms with E-state index in [0.717, 1.165) is 35.4 Å². The Hall–Kier alpha value is -3.52. The fourth-order valence-corrected chi connectivity index (χ4v) is 4.75. The normalized spacial score (nSPS) is 16.3. The molecule has 0 bridgehead atoms. The van der Waals surface area contributed by atoms with Crippen molar-refractivity contribution in [2.45, 2.75) is 25.7 Å². The van der Waals surface area contributed by atoms with E-state index < -0.39 is 0 Å². The van der Waals surface area contributed by atoms with Crippen molar-refractivity contribution < 1.29 is 4.79 Å². The Labute approximate surface area is 202 Å². The first-order valence-electron chi connectivity index (χ1n) is 11.6. The molecule has 0 spiro atoms. The summed E-state index contributed by atoms with van der Waals surface area (Å²) in [6.45, 7) is 4.57. The fourth-order valence-electron chi connectivity index (χ4n) is 4.59. The molecule has 2 fully saturated rings. The largest absolute Gasteiger partial charge is 0.353 e. The maximum Gasteiger partial charge on any atom is 0.254 e. The third kappa shape index (κ3) is 3.77. The Morgan fingerprint density at radius 1 is 1.00 bits per heavy atom. The molecule has 1 amide bonds. The third-order valence-electron chi connectivity index (χ3n) is 6.52. The standard InChI is InChI=1S/C25H24ClN7O/c1-16-23-18(25(34)32-13-11-31(12-14-32)22-7-4-5-20(26)29-22)15-19(17-8-9-17)28-24(23)33(30-16)21-6-2-3-10-27-21/h2-7,10,15,17H,8-9,11-14H2,1H3. The Bertz CT molecular complexity index is 1380. The lowest BCUT2D eigenvalue weighted by molar-refractivity contribution is 0.0748. The molecular formula is C25H24ClN7O. The number of aromatic nitrogens is 5. The molecule has 0 radical (unpaired) electrons. The molecule has 0 aromatic carbocycles. The van der Waals surface area contributed by atoms with E-state index in [9.17, 15) is 4.79 Å². The molecule has 0 atom stereocenters. The van der Waals surface area contributed by atoms with Gasteiger partial charge in [-0.05, 0) is 50.1 Å². The summed E-state index contributed by atoms with van der Waals surface area (Å²) in [4.78, 5) is 31.7. The lowest BCUT2D eigenvalue weighted by Crippen LogP contribution is -2.49. The Balaban J connectivity index is 1.34. The topological polar surface area (TPSA) is 80.0 Å². The van der Waals surface area contributed by atoms with Crippen LogP contribution in [0, 0.1) is 6.92 Å². The predicted octanol–water partition coefficient (Wildman–Crippen LogP) is 4.01. The van der Waals surface area contributed by atoms with Crippen LogP contribution in [-0.2, 0) is 0 Å². The summed E-state index contributed by atoms with van der Waals surface area (Å²) in [6.07, 6.45) is 3.95. The van der Waals surface area contributed by atoms with Crippen molar-refractivity contribution >= 4 is 34.4 Å². The second kappa shape index (κ2) is 8.36. The van der Waals surface area contributed by atoms with Gasteiger partial charge in [0.15, 0.2) is 11.5 Å². The monoisotopic (exact) mass is 473 g/mol. The van der Waals surface area contributed by atoms with Crippen molar-refractivity contribution in [3.8, 4) is 5.82 Å². The van der Waals surface area contributed by atoms with Gasteiger partial charge in [-0.25, -0.2) is 15.0 Å². The number of hydrogen-bond donors (Lipinski definition) is 0. The van der Waals surface area contributed by atoms with Crippen molar-refractivity contribution in [2.24, 2.45) is 0 Å². The minimum atomic E-state index is 0.0247. The third-order valence-corrected chi connectivity index (χ3v) is 6.73. The van der Waals surface area contributed by atoms with Crippen LogP contribution in [0.2, 0.25) is 5.15 Å². The van der Waals surface area contributed by atoms with Gasteiger partial charge in [-0.1, -0.05) is 23.7 Å². The van der Waals surface area contributed by atoms with E-state index in [-0.39, 0.29) is 5.91 Å². The number of hydrogen-bond acceptors (Lipinski definition) is 6.